The van der Waals surface area contributed by atoms with Gasteiger partial charge in [0, 0.05) is 30.5 Å². The normalized spacial score (nSPS) is 16.2. The predicted octanol–water partition coefficient (Wildman–Crippen LogP) is 0.727. The van der Waals surface area contributed by atoms with E-state index < -0.39 is 0 Å². The molecule has 0 atom stereocenters. The molecule has 1 aliphatic rings. The fourth-order valence-electron chi connectivity index (χ4n) is 1.52. The van der Waals surface area contributed by atoms with Crippen molar-refractivity contribution < 1.29 is 0 Å². The first kappa shape index (κ1) is 11.1. The third-order valence-electron chi connectivity index (χ3n) is 2.78. The van der Waals surface area contributed by atoms with Gasteiger partial charge in [-0.05, 0) is 26.7 Å². The van der Waals surface area contributed by atoms with Gasteiger partial charge in [-0.3, -0.25) is 4.79 Å². The van der Waals surface area contributed by atoms with E-state index in [9.17, 15) is 4.79 Å². The molecule has 1 fully saturated rings. The van der Waals surface area contributed by atoms with E-state index in [1.165, 1.54) is 0 Å². The van der Waals surface area contributed by atoms with Crippen molar-refractivity contribution in [2.24, 2.45) is 5.73 Å². The van der Waals surface area contributed by atoms with Gasteiger partial charge in [0.25, 0.3) is 5.56 Å². The summed E-state index contributed by atoms with van der Waals surface area (Å²) in [7, 11) is 0. The molecule has 5 nitrogen and oxygen atoms in total. The minimum absolute atomic E-state index is 0.0495. The maximum atomic E-state index is 12.0. The Kier molecular flexibility index (Phi) is 2.71. The molecule has 16 heavy (non-hydrogen) atoms. The summed E-state index contributed by atoms with van der Waals surface area (Å²) >= 11 is 0. The van der Waals surface area contributed by atoms with Gasteiger partial charge < -0.3 is 15.6 Å². The Morgan fingerprint density at radius 2 is 2.31 bits per heavy atom. The van der Waals surface area contributed by atoms with E-state index in [0.29, 0.717) is 18.4 Å². The van der Waals surface area contributed by atoms with Crippen LogP contribution in [0.1, 0.15) is 32.7 Å². The fraction of sp³-hybridized carbons (Fsp3) is 0.636. The molecule has 0 aromatic carbocycles. The summed E-state index contributed by atoms with van der Waals surface area (Å²) in [6.07, 6.45) is 5.59. The van der Waals surface area contributed by atoms with E-state index in [1.807, 2.05) is 13.8 Å². The maximum absolute atomic E-state index is 12.0. The highest BCUT2D eigenvalue weighted by Crippen LogP contribution is 2.33. The average Bonchev–Trinajstić information content (AvgIpc) is 3.05. The zero-order chi connectivity index (χ0) is 11.8. The molecule has 1 aliphatic carbocycles. The monoisotopic (exact) mass is 222 g/mol. The molecule has 0 spiro atoms. The van der Waals surface area contributed by atoms with Crippen LogP contribution >= 0.6 is 0 Å². The minimum atomic E-state index is -0.311. The smallest absolute Gasteiger partial charge is 0.293 e. The molecule has 0 unspecified atom stereocenters. The number of aromatic nitrogens is 2. The number of anilines is 1. The molecule has 3 N–H and O–H groups in total. The first-order chi connectivity index (χ1) is 7.53. The second-order valence-electron chi connectivity index (χ2n) is 4.93. The molecular formula is C11H18N4O. The van der Waals surface area contributed by atoms with Crippen LogP contribution in [0, 0.1) is 0 Å². The highest BCUT2D eigenvalue weighted by molar-refractivity contribution is 5.34. The van der Waals surface area contributed by atoms with Crippen molar-refractivity contribution in [1.82, 2.24) is 9.55 Å². The molecule has 0 radical (unpaired) electrons. The highest BCUT2D eigenvalue weighted by atomic mass is 16.1. The van der Waals surface area contributed by atoms with E-state index in [1.54, 1.807) is 17.0 Å². The molecule has 0 aliphatic heterocycles. The first-order valence-electron chi connectivity index (χ1n) is 5.59. The molecule has 2 rings (SSSR count). The van der Waals surface area contributed by atoms with Crippen molar-refractivity contribution in [3.05, 3.63) is 22.7 Å². The van der Waals surface area contributed by atoms with Gasteiger partial charge in [-0.25, -0.2) is 4.98 Å². The van der Waals surface area contributed by atoms with Gasteiger partial charge in [0.2, 0.25) is 0 Å². The van der Waals surface area contributed by atoms with Crippen molar-refractivity contribution in [2.75, 3.05) is 11.9 Å². The van der Waals surface area contributed by atoms with Crippen LogP contribution < -0.4 is 16.6 Å². The molecule has 5 heteroatoms. The van der Waals surface area contributed by atoms with Gasteiger partial charge in [-0.2, -0.15) is 0 Å². The van der Waals surface area contributed by atoms with Crippen LogP contribution in [-0.2, 0) is 0 Å². The van der Waals surface area contributed by atoms with Crippen molar-refractivity contribution in [2.45, 2.75) is 38.3 Å². The fourth-order valence-corrected chi connectivity index (χ4v) is 1.52. The average molecular weight is 222 g/mol. The molecule has 0 bridgehead atoms. The summed E-state index contributed by atoms with van der Waals surface area (Å²) in [4.78, 5) is 16.1. The Labute approximate surface area is 94.7 Å². The first-order valence-corrected chi connectivity index (χ1v) is 5.59. The van der Waals surface area contributed by atoms with E-state index in [-0.39, 0.29) is 11.1 Å². The lowest BCUT2D eigenvalue weighted by molar-refractivity contribution is 0.572. The Morgan fingerprint density at radius 3 is 2.88 bits per heavy atom. The van der Waals surface area contributed by atoms with Gasteiger partial charge >= 0.3 is 0 Å². The van der Waals surface area contributed by atoms with Crippen LogP contribution in [-0.4, -0.2) is 21.6 Å². The SMILES string of the molecule is CC(C)(CN)Nc1nccn(C2CC2)c1=O. The lowest BCUT2D eigenvalue weighted by atomic mass is 10.1. The summed E-state index contributed by atoms with van der Waals surface area (Å²) < 4.78 is 1.75. The van der Waals surface area contributed by atoms with Crippen LogP contribution in [0.4, 0.5) is 5.82 Å². The number of nitrogens with two attached hydrogens (primary N) is 1. The van der Waals surface area contributed by atoms with Crippen molar-refractivity contribution in [3.63, 3.8) is 0 Å². The standard InChI is InChI=1S/C11H18N4O/c1-11(2,7-12)14-9-10(16)15(6-5-13-9)8-3-4-8/h5-6,8H,3-4,7,12H2,1-2H3,(H,13,14). The number of nitrogens with one attached hydrogen (secondary N) is 1. The van der Waals surface area contributed by atoms with E-state index in [4.69, 9.17) is 5.73 Å². The Balaban J connectivity index is 2.28. The largest absolute Gasteiger partial charge is 0.359 e. The van der Waals surface area contributed by atoms with Gasteiger partial charge in [0.1, 0.15) is 0 Å². The minimum Gasteiger partial charge on any atom is -0.359 e. The number of nitrogens with zero attached hydrogens (tertiary/aromatic N) is 2. The summed E-state index contributed by atoms with van der Waals surface area (Å²) in [6.45, 7) is 4.34. The third-order valence-corrected chi connectivity index (χ3v) is 2.78. The molecular weight excluding hydrogens is 204 g/mol. The number of hydrogen-bond donors (Lipinski definition) is 2. The number of rotatable bonds is 4. The zero-order valence-corrected chi connectivity index (χ0v) is 9.73. The van der Waals surface area contributed by atoms with Gasteiger partial charge in [0.05, 0.1) is 0 Å². The molecule has 88 valence electrons. The lowest BCUT2D eigenvalue weighted by Gasteiger charge is -2.24. The second kappa shape index (κ2) is 3.90. The van der Waals surface area contributed by atoms with Crippen molar-refractivity contribution in [3.8, 4) is 0 Å². The number of hydrogen-bond acceptors (Lipinski definition) is 4. The molecule has 0 amide bonds. The lowest BCUT2D eigenvalue weighted by Crippen LogP contribution is -2.41. The van der Waals surface area contributed by atoms with Crippen LogP contribution in [0.5, 0.6) is 0 Å². The Hall–Kier alpha value is -1.36. The quantitative estimate of drug-likeness (QED) is 0.787. The Bertz CT molecular complexity index is 434. The zero-order valence-electron chi connectivity index (χ0n) is 9.73. The molecule has 0 saturated heterocycles. The van der Waals surface area contributed by atoms with Gasteiger partial charge in [0.15, 0.2) is 5.82 Å². The Morgan fingerprint density at radius 1 is 1.62 bits per heavy atom. The molecule has 1 saturated carbocycles. The highest BCUT2D eigenvalue weighted by Gasteiger charge is 2.26. The van der Waals surface area contributed by atoms with Crippen molar-refractivity contribution >= 4 is 5.82 Å². The van der Waals surface area contributed by atoms with Gasteiger partial charge in [-0.15, -0.1) is 0 Å². The van der Waals surface area contributed by atoms with E-state index in [2.05, 4.69) is 10.3 Å². The summed E-state index contributed by atoms with van der Waals surface area (Å²) in [5, 5.41) is 3.09. The van der Waals surface area contributed by atoms with Crippen molar-refractivity contribution in [1.29, 1.82) is 0 Å². The summed E-state index contributed by atoms with van der Waals surface area (Å²) in [6, 6.07) is 0.372. The summed E-state index contributed by atoms with van der Waals surface area (Å²) in [5.74, 6) is 0.393. The maximum Gasteiger partial charge on any atom is 0.293 e. The van der Waals surface area contributed by atoms with Crippen LogP contribution in [0.15, 0.2) is 17.2 Å². The molecule has 1 aromatic rings. The van der Waals surface area contributed by atoms with Crippen LogP contribution in [0.2, 0.25) is 0 Å². The van der Waals surface area contributed by atoms with E-state index in [0.717, 1.165) is 12.8 Å². The van der Waals surface area contributed by atoms with E-state index >= 15 is 0 Å². The third kappa shape index (κ3) is 2.24. The molecule has 1 heterocycles. The van der Waals surface area contributed by atoms with Gasteiger partial charge in [-0.1, -0.05) is 0 Å². The second-order valence-corrected chi connectivity index (χ2v) is 4.93. The molecule has 1 aromatic heterocycles. The topological polar surface area (TPSA) is 72.9 Å². The predicted molar refractivity (Wildman–Crippen MR) is 63.5 cm³/mol. The summed E-state index contributed by atoms with van der Waals surface area (Å²) in [5.41, 5.74) is 5.26. The van der Waals surface area contributed by atoms with Crippen LogP contribution in [0.3, 0.4) is 0 Å². The van der Waals surface area contributed by atoms with Crippen LogP contribution in [0.25, 0.3) is 0 Å².